The van der Waals surface area contributed by atoms with E-state index < -0.39 is 0 Å². The second-order valence-electron chi connectivity index (χ2n) is 6.02. The molecule has 0 radical (unpaired) electrons. The minimum atomic E-state index is -0.286. The molecule has 3 N–H and O–H groups in total. The van der Waals surface area contributed by atoms with Crippen LogP contribution in [0.25, 0.3) is 0 Å². The van der Waals surface area contributed by atoms with Crippen molar-refractivity contribution in [3.8, 4) is 0 Å². The summed E-state index contributed by atoms with van der Waals surface area (Å²) >= 11 is 17.8. The number of carbonyl (C=O) groups is 2. The van der Waals surface area contributed by atoms with Gasteiger partial charge in [0.1, 0.15) is 0 Å². The maximum atomic E-state index is 12.2. The number of aryl methyl sites for hydroxylation is 1. The molecule has 1 atom stereocenters. The van der Waals surface area contributed by atoms with Gasteiger partial charge in [-0.25, -0.2) is 0 Å². The fourth-order valence-electron chi connectivity index (χ4n) is 2.27. The lowest BCUT2D eigenvalue weighted by Gasteiger charge is -2.14. The maximum absolute atomic E-state index is 12.2. The first-order chi connectivity index (χ1) is 12.2. The van der Waals surface area contributed by atoms with Crippen molar-refractivity contribution >= 4 is 58.0 Å². The third-order valence-corrected chi connectivity index (χ3v) is 4.58. The molecular formula is C18H19Cl3N3O2+. The van der Waals surface area contributed by atoms with E-state index in [2.05, 4.69) is 10.6 Å². The number of likely N-dealkylation sites (N-methyl/N-ethyl adjacent to an activating group) is 1. The first kappa shape index (κ1) is 20.5. The van der Waals surface area contributed by atoms with E-state index in [4.69, 9.17) is 34.8 Å². The highest BCUT2D eigenvalue weighted by Gasteiger charge is 2.16. The molecule has 138 valence electrons. The van der Waals surface area contributed by atoms with Gasteiger partial charge in [-0.3, -0.25) is 9.59 Å². The summed E-state index contributed by atoms with van der Waals surface area (Å²) in [6.07, 6.45) is 0. The topological polar surface area (TPSA) is 62.6 Å². The Morgan fingerprint density at radius 1 is 0.885 bits per heavy atom. The average molecular weight is 416 g/mol. The van der Waals surface area contributed by atoms with Crippen LogP contribution < -0.4 is 15.5 Å². The summed E-state index contributed by atoms with van der Waals surface area (Å²) in [5.74, 6) is -0.461. The Hall–Kier alpha value is -1.79. The van der Waals surface area contributed by atoms with Gasteiger partial charge in [0.15, 0.2) is 13.1 Å². The van der Waals surface area contributed by atoms with E-state index in [1.807, 2.05) is 31.2 Å². The highest BCUT2D eigenvalue weighted by atomic mass is 35.5. The van der Waals surface area contributed by atoms with E-state index in [1.165, 1.54) is 12.1 Å². The van der Waals surface area contributed by atoms with Crippen LogP contribution in [0.15, 0.2) is 36.4 Å². The summed E-state index contributed by atoms with van der Waals surface area (Å²) in [5.41, 5.74) is 2.21. The number of quaternary nitrogens is 1. The average Bonchev–Trinajstić information content (AvgIpc) is 2.54. The molecule has 0 bridgehead atoms. The van der Waals surface area contributed by atoms with Crippen molar-refractivity contribution in [3.63, 3.8) is 0 Å². The van der Waals surface area contributed by atoms with Crippen LogP contribution in [0, 0.1) is 6.92 Å². The molecule has 2 rings (SSSR count). The highest BCUT2D eigenvalue weighted by molar-refractivity contribution is 6.44. The summed E-state index contributed by atoms with van der Waals surface area (Å²) in [4.78, 5) is 24.9. The van der Waals surface area contributed by atoms with Crippen molar-refractivity contribution in [1.82, 2.24) is 0 Å². The molecular weight excluding hydrogens is 397 g/mol. The van der Waals surface area contributed by atoms with E-state index >= 15 is 0 Å². The van der Waals surface area contributed by atoms with Crippen molar-refractivity contribution in [3.05, 3.63) is 57.0 Å². The largest absolute Gasteiger partial charge is 0.322 e. The number of nitrogens with one attached hydrogen (secondary N) is 3. The zero-order chi connectivity index (χ0) is 19.3. The molecule has 0 aliphatic carbocycles. The molecule has 0 fully saturated rings. The lowest BCUT2D eigenvalue weighted by molar-refractivity contribution is -0.862. The predicted molar refractivity (Wildman–Crippen MR) is 107 cm³/mol. The molecule has 0 aliphatic heterocycles. The molecule has 2 aromatic rings. The van der Waals surface area contributed by atoms with Crippen LogP contribution in [0.3, 0.4) is 0 Å². The van der Waals surface area contributed by atoms with Gasteiger partial charge in [-0.1, -0.05) is 52.5 Å². The third-order valence-electron chi connectivity index (χ3n) is 3.54. The molecule has 0 aromatic heterocycles. The molecule has 0 saturated heterocycles. The number of anilines is 2. The Balaban J connectivity index is 1.85. The third kappa shape index (κ3) is 6.18. The maximum Gasteiger partial charge on any atom is 0.279 e. The van der Waals surface area contributed by atoms with Gasteiger partial charge in [0, 0.05) is 5.69 Å². The molecule has 26 heavy (non-hydrogen) atoms. The van der Waals surface area contributed by atoms with Crippen molar-refractivity contribution in [2.45, 2.75) is 6.92 Å². The smallest absolute Gasteiger partial charge is 0.279 e. The minimum Gasteiger partial charge on any atom is -0.322 e. The van der Waals surface area contributed by atoms with Crippen LogP contribution >= 0.6 is 34.8 Å². The van der Waals surface area contributed by atoms with Crippen LogP contribution in [0.1, 0.15) is 5.56 Å². The monoisotopic (exact) mass is 414 g/mol. The summed E-state index contributed by atoms with van der Waals surface area (Å²) in [7, 11) is 1.75. The second-order valence-corrected chi connectivity index (χ2v) is 7.24. The number of rotatable bonds is 6. The molecule has 0 aliphatic rings. The Labute approximate surface area is 167 Å². The molecule has 1 unspecified atom stereocenters. The molecule has 5 nitrogen and oxygen atoms in total. The van der Waals surface area contributed by atoms with Gasteiger partial charge >= 0.3 is 0 Å². The molecule has 2 amide bonds. The van der Waals surface area contributed by atoms with Crippen LogP contribution in [0.4, 0.5) is 11.4 Å². The van der Waals surface area contributed by atoms with Crippen LogP contribution in [0.5, 0.6) is 0 Å². The summed E-state index contributed by atoms with van der Waals surface area (Å²) in [5, 5.41) is 6.37. The Morgan fingerprint density at radius 3 is 2.04 bits per heavy atom. The van der Waals surface area contributed by atoms with Crippen molar-refractivity contribution in [1.29, 1.82) is 0 Å². The fourth-order valence-corrected chi connectivity index (χ4v) is 2.86. The molecule has 0 saturated carbocycles. The first-order valence-electron chi connectivity index (χ1n) is 7.87. The lowest BCUT2D eigenvalue weighted by atomic mass is 10.2. The van der Waals surface area contributed by atoms with Crippen molar-refractivity contribution < 1.29 is 14.5 Å². The van der Waals surface area contributed by atoms with E-state index in [-0.39, 0.29) is 24.9 Å². The second kappa shape index (κ2) is 9.24. The standard InChI is InChI=1S/C18H18Cl3N3O2/c1-11-3-5-12(6-4-11)22-17(25)9-24(2)10-18(26)23-16-8-14(20)13(19)7-15(16)21/h3-8H,9-10H2,1-2H3,(H,22,25)(H,23,26)/p+1. The normalized spacial score (nSPS) is 11.7. The van der Waals surface area contributed by atoms with Gasteiger partial charge in [0.25, 0.3) is 11.8 Å². The number of carbonyl (C=O) groups excluding carboxylic acids is 2. The Morgan fingerprint density at radius 2 is 1.42 bits per heavy atom. The quantitative estimate of drug-likeness (QED) is 0.635. The van der Waals surface area contributed by atoms with E-state index in [1.54, 1.807) is 7.05 Å². The SMILES string of the molecule is Cc1ccc(NC(=O)C[NH+](C)CC(=O)Nc2cc(Cl)c(Cl)cc2Cl)cc1. The zero-order valence-corrected chi connectivity index (χ0v) is 16.6. The summed E-state index contributed by atoms with van der Waals surface area (Å²) in [6.45, 7) is 2.22. The van der Waals surface area contributed by atoms with Gasteiger partial charge in [-0.05, 0) is 31.2 Å². The van der Waals surface area contributed by atoms with E-state index in [0.717, 1.165) is 16.2 Å². The number of amides is 2. The molecule has 8 heteroatoms. The van der Waals surface area contributed by atoms with Crippen LogP contribution in [-0.2, 0) is 9.59 Å². The molecule has 0 heterocycles. The van der Waals surface area contributed by atoms with Crippen molar-refractivity contribution in [2.24, 2.45) is 0 Å². The predicted octanol–water partition coefficient (Wildman–Crippen LogP) is 3.05. The van der Waals surface area contributed by atoms with Gasteiger partial charge in [-0.2, -0.15) is 0 Å². The van der Waals surface area contributed by atoms with Gasteiger partial charge in [-0.15, -0.1) is 0 Å². The van der Waals surface area contributed by atoms with Crippen LogP contribution in [0.2, 0.25) is 15.1 Å². The highest BCUT2D eigenvalue weighted by Crippen LogP contribution is 2.32. The van der Waals surface area contributed by atoms with Gasteiger partial charge in [0.2, 0.25) is 0 Å². The van der Waals surface area contributed by atoms with Gasteiger partial charge < -0.3 is 15.5 Å². The first-order valence-corrected chi connectivity index (χ1v) is 9.00. The summed E-state index contributed by atoms with van der Waals surface area (Å²) in [6, 6.07) is 10.5. The zero-order valence-electron chi connectivity index (χ0n) is 14.3. The number of benzene rings is 2. The molecule has 2 aromatic carbocycles. The Kier molecular flexibility index (Phi) is 7.29. The minimum absolute atomic E-state index is 0.0951. The van der Waals surface area contributed by atoms with Crippen LogP contribution in [-0.4, -0.2) is 32.0 Å². The lowest BCUT2D eigenvalue weighted by Crippen LogP contribution is -3.11. The molecule has 0 spiro atoms. The van der Waals surface area contributed by atoms with E-state index in [0.29, 0.717) is 20.8 Å². The number of halogens is 3. The van der Waals surface area contributed by atoms with Gasteiger partial charge in [0.05, 0.1) is 27.8 Å². The Bertz CT molecular complexity index is 810. The number of hydrogen-bond donors (Lipinski definition) is 3. The van der Waals surface area contributed by atoms with Crippen molar-refractivity contribution in [2.75, 3.05) is 30.8 Å². The number of hydrogen-bond acceptors (Lipinski definition) is 2. The summed E-state index contributed by atoms with van der Waals surface area (Å²) < 4.78 is 0. The van der Waals surface area contributed by atoms with E-state index in [9.17, 15) is 9.59 Å². The fraction of sp³-hybridized carbons (Fsp3) is 0.222.